The number of carbonyl (C=O) groups excluding carboxylic acids is 3. The van der Waals surface area contributed by atoms with E-state index in [1.165, 1.54) is 0 Å². The lowest BCUT2D eigenvalue weighted by atomic mass is 10.1. The molecule has 2 heterocycles. The van der Waals surface area contributed by atoms with Gasteiger partial charge in [-0.25, -0.2) is 0 Å². The van der Waals surface area contributed by atoms with E-state index in [-0.39, 0.29) is 27.3 Å². The fourth-order valence-corrected chi connectivity index (χ4v) is 4.79. The van der Waals surface area contributed by atoms with E-state index in [9.17, 15) is 19.5 Å². The van der Waals surface area contributed by atoms with Crippen molar-refractivity contribution in [2.45, 2.75) is 6.54 Å². The first-order valence-corrected chi connectivity index (χ1v) is 10.1. The Morgan fingerprint density at radius 3 is 2.45 bits per heavy atom. The van der Waals surface area contributed by atoms with Crippen LogP contribution in [0.4, 0.5) is 5.69 Å². The van der Waals surface area contributed by atoms with E-state index in [0.717, 1.165) is 22.2 Å². The zero-order valence-electron chi connectivity index (χ0n) is 14.8. The van der Waals surface area contributed by atoms with Gasteiger partial charge in [-0.3, -0.25) is 14.5 Å². The molecule has 9 heteroatoms. The third-order valence-electron chi connectivity index (χ3n) is 4.57. The number of amides is 2. The maximum Gasteiger partial charge on any atom is 0.267 e. The lowest BCUT2D eigenvalue weighted by Gasteiger charge is -2.18. The quantitative estimate of drug-likeness (QED) is 0.532. The molecule has 0 aromatic heterocycles. The highest BCUT2D eigenvalue weighted by Crippen LogP contribution is 2.45. The highest BCUT2D eigenvalue weighted by molar-refractivity contribution is 8.26. The molecule has 2 amide bonds. The summed E-state index contributed by atoms with van der Waals surface area (Å²) in [5, 5.41) is 11.5. The molecule has 1 saturated heterocycles. The molecule has 6 nitrogen and oxygen atoms in total. The Balaban J connectivity index is 1.78. The average Bonchev–Trinajstić information content (AvgIpc) is 3.11. The molecule has 0 atom stereocenters. The maximum atomic E-state index is 13.3. The van der Waals surface area contributed by atoms with Crippen LogP contribution in [0, 0.1) is 0 Å². The van der Waals surface area contributed by atoms with Gasteiger partial charge >= 0.3 is 0 Å². The van der Waals surface area contributed by atoms with Crippen molar-refractivity contribution in [3.63, 3.8) is 0 Å². The van der Waals surface area contributed by atoms with Crippen LogP contribution >= 0.6 is 35.6 Å². The zero-order valence-corrected chi connectivity index (χ0v) is 17.1. The summed E-state index contributed by atoms with van der Waals surface area (Å²) in [4.78, 5) is 39.7. The number of anilines is 1. The molecule has 2 aliphatic rings. The summed E-state index contributed by atoms with van der Waals surface area (Å²) in [6.45, 7) is -0.418. The highest BCUT2D eigenvalue weighted by Gasteiger charge is 2.42. The number of aliphatic carboxylic acids is 1. The summed E-state index contributed by atoms with van der Waals surface area (Å²) < 4.78 is 0.0801. The number of para-hydroxylation sites is 1. The third-order valence-corrected chi connectivity index (χ3v) is 6.39. The van der Waals surface area contributed by atoms with E-state index in [2.05, 4.69) is 0 Å². The van der Waals surface area contributed by atoms with Gasteiger partial charge in [0, 0.05) is 10.6 Å². The predicted octanol–water partition coefficient (Wildman–Crippen LogP) is 2.21. The Morgan fingerprint density at radius 1 is 1.03 bits per heavy atom. The molecule has 2 aromatic rings. The van der Waals surface area contributed by atoms with Gasteiger partial charge in [-0.1, -0.05) is 72.0 Å². The third kappa shape index (κ3) is 3.43. The second-order valence-corrected chi connectivity index (χ2v) is 8.39. The van der Waals surface area contributed by atoms with Gasteiger partial charge in [0.1, 0.15) is 4.32 Å². The summed E-state index contributed by atoms with van der Waals surface area (Å²) in [7, 11) is 0. The topological polar surface area (TPSA) is 80.7 Å². The molecule has 0 aliphatic carbocycles. The molecular weight excluding hydrogens is 432 g/mol. The number of nitrogens with zero attached hydrogens (tertiary/aromatic N) is 2. The van der Waals surface area contributed by atoms with E-state index in [4.69, 9.17) is 23.8 Å². The average molecular weight is 444 g/mol. The van der Waals surface area contributed by atoms with E-state index in [0.29, 0.717) is 16.3 Å². The predicted molar refractivity (Wildman–Crippen MR) is 113 cm³/mol. The number of benzene rings is 2. The minimum absolute atomic E-state index is 0.0801. The SMILES string of the molecule is O=C([O-])CN1C(=O)/C(=C2\C(=O)N(Cc3ccccc3Cl)c3ccccc32)SC1=S. The van der Waals surface area contributed by atoms with Gasteiger partial charge in [0.15, 0.2) is 0 Å². The highest BCUT2D eigenvalue weighted by atomic mass is 35.5. The van der Waals surface area contributed by atoms with Gasteiger partial charge in [-0.2, -0.15) is 0 Å². The van der Waals surface area contributed by atoms with Crippen LogP contribution in [0.2, 0.25) is 5.02 Å². The van der Waals surface area contributed by atoms with Crippen molar-refractivity contribution in [1.29, 1.82) is 0 Å². The van der Waals surface area contributed by atoms with Crippen molar-refractivity contribution in [2.75, 3.05) is 11.4 Å². The minimum atomic E-state index is -1.42. The standard InChI is InChI=1S/C20H13ClN2O4S2/c21-13-7-3-1-5-11(13)9-22-14-8-4-2-6-12(14)16(18(22)26)17-19(27)23(10-15(24)25)20(28)29-17/h1-8H,9-10H2,(H,24,25)/p-1/b17-16+. The van der Waals surface area contributed by atoms with Crippen LogP contribution in [0.15, 0.2) is 53.4 Å². The lowest BCUT2D eigenvalue weighted by molar-refractivity contribution is -0.305. The van der Waals surface area contributed by atoms with Crippen molar-refractivity contribution in [3.05, 3.63) is 69.6 Å². The fraction of sp³-hybridized carbons (Fsp3) is 0.100. The normalized spacial score (nSPS) is 18.6. The van der Waals surface area contributed by atoms with Gasteiger partial charge in [-0.15, -0.1) is 0 Å². The molecule has 146 valence electrons. The van der Waals surface area contributed by atoms with Crippen molar-refractivity contribution >= 4 is 68.9 Å². The minimum Gasteiger partial charge on any atom is -0.548 e. The van der Waals surface area contributed by atoms with Gasteiger partial charge < -0.3 is 14.8 Å². The first-order valence-electron chi connectivity index (χ1n) is 8.51. The number of carbonyl (C=O) groups is 3. The van der Waals surface area contributed by atoms with Crippen LogP contribution in [0.1, 0.15) is 11.1 Å². The van der Waals surface area contributed by atoms with Crippen LogP contribution in [0.5, 0.6) is 0 Å². The Hall–Kier alpha value is -2.68. The van der Waals surface area contributed by atoms with E-state index in [1.807, 2.05) is 12.1 Å². The first-order chi connectivity index (χ1) is 13.9. The Bertz CT molecular complexity index is 1120. The summed E-state index contributed by atoms with van der Waals surface area (Å²) >= 11 is 12.3. The molecule has 0 spiro atoms. The largest absolute Gasteiger partial charge is 0.548 e. The lowest BCUT2D eigenvalue weighted by Crippen LogP contribution is -2.40. The molecule has 2 aromatic carbocycles. The number of thioether (sulfide) groups is 1. The smallest absolute Gasteiger partial charge is 0.267 e. The molecule has 29 heavy (non-hydrogen) atoms. The number of hydrogen-bond donors (Lipinski definition) is 0. The van der Waals surface area contributed by atoms with E-state index < -0.39 is 18.4 Å². The molecular formula is C20H12ClN2O4S2-. The summed E-state index contributed by atoms with van der Waals surface area (Å²) in [5.41, 5.74) is 2.23. The summed E-state index contributed by atoms with van der Waals surface area (Å²) in [5.74, 6) is -2.40. The van der Waals surface area contributed by atoms with Crippen LogP contribution in [-0.4, -0.2) is 33.5 Å². The van der Waals surface area contributed by atoms with Crippen molar-refractivity contribution in [1.82, 2.24) is 4.90 Å². The zero-order chi connectivity index (χ0) is 20.7. The molecule has 0 radical (unpaired) electrons. The monoisotopic (exact) mass is 443 g/mol. The Kier molecular flexibility index (Phi) is 5.16. The number of rotatable bonds is 4. The van der Waals surface area contributed by atoms with Gasteiger partial charge in [0.25, 0.3) is 11.8 Å². The molecule has 4 rings (SSSR count). The van der Waals surface area contributed by atoms with Gasteiger partial charge in [0.2, 0.25) is 0 Å². The number of thiocarbonyl (C=S) groups is 1. The molecule has 1 fully saturated rings. The van der Waals surface area contributed by atoms with E-state index in [1.54, 1.807) is 41.3 Å². The molecule has 0 bridgehead atoms. The number of carboxylic acid groups (broad SMARTS) is 1. The number of carboxylic acids is 1. The Labute approximate surface area is 180 Å². The molecule has 0 saturated carbocycles. The van der Waals surface area contributed by atoms with Gasteiger partial charge in [-0.05, 0) is 17.7 Å². The number of halogens is 1. The van der Waals surface area contributed by atoms with Crippen LogP contribution in [-0.2, 0) is 20.9 Å². The Morgan fingerprint density at radius 2 is 1.72 bits per heavy atom. The van der Waals surface area contributed by atoms with Gasteiger partial charge in [0.05, 0.1) is 35.2 Å². The number of hydrogen-bond acceptors (Lipinski definition) is 6. The molecule has 0 unspecified atom stereocenters. The van der Waals surface area contributed by atoms with Crippen molar-refractivity contribution in [2.24, 2.45) is 0 Å². The second-order valence-electron chi connectivity index (χ2n) is 6.34. The second kappa shape index (κ2) is 7.62. The maximum absolute atomic E-state index is 13.3. The summed E-state index contributed by atoms with van der Waals surface area (Å²) in [6.07, 6.45) is 0. The van der Waals surface area contributed by atoms with E-state index >= 15 is 0 Å². The van der Waals surface area contributed by atoms with Crippen LogP contribution < -0.4 is 10.0 Å². The van der Waals surface area contributed by atoms with Crippen LogP contribution in [0.25, 0.3) is 5.57 Å². The molecule has 2 aliphatic heterocycles. The first kappa shape index (κ1) is 19.6. The van der Waals surface area contributed by atoms with Crippen molar-refractivity contribution in [3.8, 4) is 0 Å². The molecule has 0 N–H and O–H groups in total. The van der Waals surface area contributed by atoms with Crippen molar-refractivity contribution < 1.29 is 19.5 Å². The van der Waals surface area contributed by atoms with Crippen LogP contribution in [0.3, 0.4) is 0 Å². The number of fused-ring (bicyclic) bond motifs is 1. The summed E-state index contributed by atoms with van der Waals surface area (Å²) in [6, 6.07) is 14.3. The fourth-order valence-electron chi connectivity index (χ4n) is 3.27.